The standard InChI is InChI=1S/C14H11ClIN3/c1-9(15)14-18-12-8-17-6-5-13(12)19(14)11-4-2-3-10(16)7-11/h2-9H,1H3. The highest BCUT2D eigenvalue weighted by Gasteiger charge is 2.16. The number of rotatable bonds is 2. The van der Waals surface area contributed by atoms with Crippen LogP contribution in [0.15, 0.2) is 42.7 Å². The van der Waals surface area contributed by atoms with Crippen LogP contribution in [0.1, 0.15) is 18.1 Å². The monoisotopic (exact) mass is 383 g/mol. The lowest BCUT2D eigenvalue weighted by molar-refractivity contribution is 0.882. The van der Waals surface area contributed by atoms with Gasteiger partial charge in [0.25, 0.3) is 0 Å². The van der Waals surface area contributed by atoms with E-state index in [9.17, 15) is 0 Å². The Labute approximate surface area is 129 Å². The lowest BCUT2D eigenvalue weighted by Crippen LogP contribution is -2.02. The highest BCUT2D eigenvalue weighted by atomic mass is 127. The first kappa shape index (κ1) is 12.9. The van der Waals surface area contributed by atoms with Gasteiger partial charge in [-0.2, -0.15) is 0 Å². The summed E-state index contributed by atoms with van der Waals surface area (Å²) in [6.07, 6.45) is 3.54. The van der Waals surface area contributed by atoms with Crippen LogP contribution in [-0.2, 0) is 0 Å². The third kappa shape index (κ3) is 2.34. The summed E-state index contributed by atoms with van der Waals surface area (Å²) >= 11 is 8.57. The fourth-order valence-corrected chi connectivity index (χ4v) is 2.78. The molecule has 2 heterocycles. The van der Waals surface area contributed by atoms with E-state index in [1.807, 2.05) is 19.1 Å². The topological polar surface area (TPSA) is 30.7 Å². The van der Waals surface area contributed by atoms with E-state index < -0.39 is 0 Å². The maximum Gasteiger partial charge on any atom is 0.132 e. The van der Waals surface area contributed by atoms with Gasteiger partial charge in [-0.15, -0.1) is 11.6 Å². The molecule has 19 heavy (non-hydrogen) atoms. The van der Waals surface area contributed by atoms with Gasteiger partial charge in [0, 0.05) is 15.5 Å². The molecule has 0 saturated heterocycles. The summed E-state index contributed by atoms with van der Waals surface area (Å²) in [4.78, 5) is 8.70. The summed E-state index contributed by atoms with van der Waals surface area (Å²) in [5.74, 6) is 0.840. The molecule has 0 aliphatic carbocycles. The van der Waals surface area contributed by atoms with Gasteiger partial charge in [0.2, 0.25) is 0 Å². The highest BCUT2D eigenvalue weighted by Crippen LogP contribution is 2.28. The van der Waals surface area contributed by atoms with Gasteiger partial charge in [-0.25, -0.2) is 4.98 Å². The van der Waals surface area contributed by atoms with Gasteiger partial charge >= 0.3 is 0 Å². The van der Waals surface area contributed by atoms with Crippen LogP contribution in [0.5, 0.6) is 0 Å². The lowest BCUT2D eigenvalue weighted by Gasteiger charge is -2.10. The summed E-state index contributed by atoms with van der Waals surface area (Å²) in [6.45, 7) is 1.93. The number of alkyl halides is 1. The number of nitrogens with zero attached hydrogens (tertiary/aromatic N) is 3. The third-order valence-corrected chi connectivity index (χ3v) is 3.77. The van der Waals surface area contributed by atoms with Crippen LogP contribution in [0.4, 0.5) is 0 Å². The summed E-state index contributed by atoms with van der Waals surface area (Å²) in [7, 11) is 0. The SMILES string of the molecule is CC(Cl)c1nc2cnccc2n1-c1cccc(I)c1. The van der Waals surface area contributed by atoms with Crippen LogP contribution in [-0.4, -0.2) is 14.5 Å². The molecular weight excluding hydrogens is 373 g/mol. The molecule has 3 rings (SSSR count). The number of halogens is 2. The molecular formula is C14H11ClIN3. The molecule has 0 bridgehead atoms. The van der Waals surface area contributed by atoms with Crippen molar-refractivity contribution in [2.45, 2.75) is 12.3 Å². The zero-order valence-corrected chi connectivity index (χ0v) is 13.1. The van der Waals surface area contributed by atoms with Crippen molar-refractivity contribution in [3.63, 3.8) is 0 Å². The Kier molecular flexibility index (Phi) is 3.45. The largest absolute Gasteiger partial charge is 0.295 e. The van der Waals surface area contributed by atoms with E-state index in [-0.39, 0.29) is 5.38 Å². The fourth-order valence-electron chi connectivity index (χ4n) is 2.10. The first-order valence-electron chi connectivity index (χ1n) is 5.89. The molecule has 3 aromatic rings. The van der Waals surface area contributed by atoms with Crippen molar-refractivity contribution >= 4 is 45.2 Å². The average Bonchev–Trinajstić information content (AvgIpc) is 2.78. The molecule has 2 aromatic heterocycles. The van der Waals surface area contributed by atoms with E-state index >= 15 is 0 Å². The number of pyridine rings is 1. The van der Waals surface area contributed by atoms with Gasteiger partial charge in [-0.05, 0) is 53.8 Å². The summed E-state index contributed by atoms with van der Waals surface area (Å²) in [5, 5.41) is -0.162. The summed E-state index contributed by atoms with van der Waals surface area (Å²) < 4.78 is 3.27. The minimum absolute atomic E-state index is 0.162. The zero-order valence-electron chi connectivity index (χ0n) is 10.2. The first-order chi connectivity index (χ1) is 9.16. The minimum Gasteiger partial charge on any atom is -0.295 e. The van der Waals surface area contributed by atoms with Crippen molar-refractivity contribution in [3.8, 4) is 5.69 Å². The van der Waals surface area contributed by atoms with Crippen molar-refractivity contribution in [2.24, 2.45) is 0 Å². The highest BCUT2D eigenvalue weighted by molar-refractivity contribution is 14.1. The van der Waals surface area contributed by atoms with Crippen LogP contribution >= 0.6 is 34.2 Å². The van der Waals surface area contributed by atoms with E-state index in [4.69, 9.17) is 11.6 Å². The molecule has 0 spiro atoms. The first-order valence-corrected chi connectivity index (χ1v) is 7.40. The van der Waals surface area contributed by atoms with E-state index in [1.165, 1.54) is 3.57 Å². The lowest BCUT2D eigenvalue weighted by atomic mass is 10.3. The van der Waals surface area contributed by atoms with Gasteiger partial charge < -0.3 is 0 Å². The van der Waals surface area contributed by atoms with Crippen molar-refractivity contribution in [1.29, 1.82) is 0 Å². The molecule has 0 N–H and O–H groups in total. The number of benzene rings is 1. The molecule has 0 saturated carbocycles. The second kappa shape index (κ2) is 5.09. The van der Waals surface area contributed by atoms with Gasteiger partial charge in [-0.3, -0.25) is 9.55 Å². The fraction of sp³-hybridized carbons (Fsp3) is 0.143. The zero-order chi connectivity index (χ0) is 13.4. The molecule has 5 heteroatoms. The van der Waals surface area contributed by atoms with Gasteiger partial charge in [0.05, 0.1) is 17.1 Å². The smallest absolute Gasteiger partial charge is 0.132 e. The average molecular weight is 384 g/mol. The number of fused-ring (bicyclic) bond motifs is 1. The normalized spacial score (nSPS) is 12.8. The molecule has 3 nitrogen and oxygen atoms in total. The molecule has 0 radical (unpaired) electrons. The molecule has 96 valence electrons. The second-order valence-electron chi connectivity index (χ2n) is 4.27. The molecule has 0 aliphatic heterocycles. The molecule has 1 atom stereocenters. The van der Waals surface area contributed by atoms with Crippen molar-refractivity contribution in [2.75, 3.05) is 0 Å². The van der Waals surface area contributed by atoms with E-state index in [0.29, 0.717) is 0 Å². The quantitative estimate of drug-likeness (QED) is 0.487. The summed E-state index contributed by atoms with van der Waals surface area (Å²) in [5.41, 5.74) is 2.96. The third-order valence-electron chi connectivity index (χ3n) is 2.90. The molecule has 1 aromatic carbocycles. The van der Waals surface area contributed by atoms with E-state index in [2.05, 4.69) is 55.3 Å². The molecule has 0 aliphatic rings. The minimum atomic E-state index is -0.162. The number of imidazole rings is 1. The molecule has 1 unspecified atom stereocenters. The van der Waals surface area contributed by atoms with Gasteiger partial charge in [0.15, 0.2) is 0 Å². The van der Waals surface area contributed by atoms with Crippen molar-refractivity contribution < 1.29 is 0 Å². The van der Waals surface area contributed by atoms with E-state index in [1.54, 1.807) is 12.4 Å². The van der Waals surface area contributed by atoms with Crippen LogP contribution in [0, 0.1) is 3.57 Å². The Morgan fingerprint density at radius 2 is 2.16 bits per heavy atom. The Hall–Kier alpha value is -1.14. The Bertz CT molecular complexity index is 736. The van der Waals surface area contributed by atoms with E-state index in [0.717, 1.165) is 22.5 Å². The summed E-state index contributed by atoms with van der Waals surface area (Å²) in [6, 6.07) is 10.2. The van der Waals surface area contributed by atoms with Crippen molar-refractivity contribution in [1.82, 2.24) is 14.5 Å². The predicted molar refractivity (Wildman–Crippen MR) is 85.9 cm³/mol. The Balaban J connectivity index is 2.34. The number of hydrogen-bond donors (Lipinski definition) is 0. The Morgan fingerprint density at radius 3 is 2.89 bits per heavy atom. The molecule has 0 amide bonds. The van der Waals surface area contributed by atoms with Gasteiger partial charge in [0.1, 0.15) is 11.3 Å². The van der Waals surface area contributed by atoms with Crippen molar-refractivity contribution in [3.05, 3.63) is 52.1 Å². The van der Waals surface area contributed by atoms with Gasteiger partial charge in [-0.1, -0.05) is 6.07 Å². The van der Waals surface area contributed by atoms with Crippen LogP contribution in [0.2, 0.25) is 0 Å². The maximum atomic E-state index is 6.26. The van der Waals surface area contributed by atoms with Crippen LogP contribution in [0.3, 0.4) is 0 Å². The van der Waals surface area contributed by atoms with Crippen LogP contribution < -0.4 is 0 Å². The maximum absolute atomic E-state index is 6.26. The van der Waals surface area contributed by atoms with Crippen LogP contribution in [0.25, 0.3) is 16.7 Å². The second-order valence-corrected chi connectivity index (χ2v) is 6.17. The Morgan fingerprint density at radius 1 is 1.32 bits per heavy atom. The number of hydrogen-bond acceptors (Lipinski definition) is 2. The predicted octanol–water partition coefficient (Wildman–Crippen LogP) is 4.32. The number of aromatic nitrogens is 3. The molecule has 0 fully saturated rings.